The number of likely N-dealkylation sites (tertiary alicyclic amines) is 1. The van der Waals surface area contributed by atoms with Crippen LogP contribution < -0.4 is 5.73 Å². The standard InChI is InChI=1S/C32H35N3O8/c1-14(36)6-16-12-35(13-16)11-15-4-5-17-8-18-9-19-10-21-25(34(2)3)28(39)24(31(33)42)30(41)32(21,43)29(40)23(19)27(38)22(18)26(37)20(17)7-15/h4-5,7-8,16,19,21,25,37-38,41,43H,6,9-13H2,1-3H3,(H2,33,42)/t19-,21-,25-,32-/m0/s1. The predicted molar refractivity (Wildman–Crippen MR) is 156 cm³/mol. The monoisotopic (exact) mass is 589 g/mol. The van der Waals surface area contributed by atoms with E-state index in [1.165, 1.54) is 4.90 Å². The molecule has 11 heteroatoms. The van der Waals surface area contributed by atoms with E-state index in [1.54, 1.807) is 21.0 Å². The van der Waals surface area contributed by atoms with Crippen LogP contribution in [0.2, 0.25) is 0 Å². The Balaban J connectivity index is 1.40. The van der Waals surface area contributed by atoms with Crippen LogP contribution >= 0.6 is 0 Å². The largest absolute Gasteiger partial charge is 0.508 e. The summed E-state index contributed by atoms with van der Waals surface area (Å²) in [6.07, 6.45) is 0.850. The number of amides is 1. The van der Waals surface area contributed by atoms with Gasteiger partial charge in [0.25, 0.3) is 5.91 Å². The lowest BCUT2D eigenvalue weighted by Gasteiger charge is -2.50. The number of nitrogens with zero attached hydrogens (tertiary/aromatic N) is 2. The van der Waals surface area contributed by atoms with Crippen LogP contribution in [0.15, 0.2) is 41.2 Å². The molecule has 2 aromatic carbocycles. The molecule has 11 nitrogen and oxygen atoms in total. The first-order chi connectivity index (χ1) is 20.2. The molecule has 1 heterocycles. The molecule has 0 spiro atoms. The fraction of sp³-hybridized carbons (Fsp3) is 0.438. The van der Waals surface area contributed by atoms with Gasteiger partial charge >= 0.3 is 0 Å². The predicted octanol–water partition coefficient (Wildman–Crippen LogP) is 1.53. The molecule has 1 aliphatic heterocycles. The average molecular weight is 590 g/mol. The van der Waals surface area contributed by atoms with Gasteiger partial charge in [-0.1, -0.05) is 18.2 Å². The van der Waals surface area contributed by atoms with Crippen LogP contribution in [0.5, 0.6) is 5.75 Å². The van der Waals surface area contributed by atoms with E-state index < -0.39 is 58.0 Å². The SMILES string of the molecule is CC(=O)CC1CN(Cc2ccc3cc4c(c(O)c3c2)C(O)=C2C(=O)[C@]3(O)C(O)=C(C(N)=O)C(=O)[C@@H](N(C)C)[C@@H]3C[C@@H]2C4)C1. The van der Waals surface area contributed by atoms with Gasteiger partial charge in [0.05, 0.1) is 11.6 Å². The minimum Gasteiger partial charge on any atom is -0.508 e. The molecule has 0 aromatic heterocycles. The van der Waals surface area contributed by atoms with Gasteiger partial charge in [0.1, 0.15) is 28.6 Å². The third-order valence-electron chi connectivity index (χ3n) is 9.60. The van der Waals surface area contributed by atoms with Gasteiger partial charge in [-0.05, 0) is 68.3 Å². The third kappa shape index (κ3) is 4.29. The number of aliphatic hydroxyl groups is 3. The third-order valence-corrected chi connectivity index (χ3v) is 9.60. The van der Waals surface area contributed by atoms with E-state index in [0.29, 0.717) is 29.8 Å². The number of ketones is 3. The number of hydrogen-bond donors (Lipinski definition) is 5. The molecule has 6 N–H and O–H groups in total. The topological polar surface area (TPSA) is 182 Å². The second-order valence-corrected chi connectivity index (χ2v) is 12.7. The number of primary amides is 1. The van der Waals surface area contributed by atoms with E-state index in [0.717, 1.165) is 24.0 Å². The summed E-state index contributed by atoms with van der Waals surface area (Å²) in [6, 6.07) is 6.44. The minimum absolute atomic E-state index is 0.0456. The van der Waals surface area contributed by atoms with Crippen molar-refractivity contribution in [1.82, 2.24) is 9.80 Å². The fourth-order valence-electron chi connectivity index (χ4n) is 7.76. The Morgan fingerprint density at radius 2 is 1.81 bits per heavy atom. The zero-order valence-corrected chi connectivity index (χ0v) is 24.3. The van der Waals surface area contributed by atoms with Crippen molar-refractivity contribution in [2.24, 2.45) is 23.5 Å². The first-order valence-corrected chi connectivity index (χ1v) is 14.4. The molecular formula is C32H35N3O8. The van der Waals surface area contributed by atoms with Gasteiger partial charge in [-0.25, -0.2) is 0 Å². The van der Waals surface area contributed by atoms with Crippen molar-refractivity contribution in [3.8, 4) is 5.75 Å². The summed E-state index contributed by atoms with van der Waals surface area (Å²) in [7, 11) is 3.14. The zero-order chi connectivity index (χ0) is 31.1. The van der Waals surface area contributed by atoms with Gasteiger partial charge in [-0.2, -0.15) is 0 Å². The number of aliphatic hydroxyl groups excluding tert-OH is 2. The maximum absolute atomic E-state index is 14.0. The fourth-order valence-corrected chi connectivity index (χ4v) is 7.76. The first-order valence-electron chi connectivity index (χ1n) is 14.4. The van der Waals surface area contributed by atoms with E-state index in [9.17, 15) is 39.6 Å². The maximum atomic E-state index is 14.0. The number of fused-ring (bicyclic) bond motifs is 4. The lowest BCUT2D eigenvalue weighted by atomic mass is 9.57. The molecule has 2 fully saturated rings. The highest BCUT2D eigenvalue weighted by Gasteiger charge is 2.64. The van der Waals surface area contributed by atoms with Crippen molar-refractivity contribution in [3.05, 3.63) is 57.9 Å². The van der Waals surface area contributed by atoms with Crippen LogP contribution in [0.3, 0.4) is 0 Å². The number of carbonyl (C=O) groups excluding carboxylic acids is 4. The summed E-state index contributed by atoms with van der Waals surface area (Å²) in [5.41, 5.74) is 3.33. The van der Waals surface area contributed by atoms with Gasteiger partial charge in [-0.3, -0.25) is 24.2 Å². The number of rotatable bonds is 6. The zero-order valence-electron chi connectivity index (χ0n) is 24.3. The van der Waals surface area contributed by atoms with Crippen LogP contribution in [0.25, 0.3) is 16.5 Å². The molecule has 2 aromatic rings. The Bertz CT molecular complexity index is 1680. The highest BCUT2D eigenvalue weighted by Crippen LogP contribution is 2.53. The van der Waals surface area contributed by atoms with Crippen molar-refractivity contribution in [2.75, 3.05) is 27.2 Å². The number of aromatic hydroxyl groups is 1. The summed E-state index contributed by atoms with van der Waals surface area (Å²) < 4.78 is 0. The molecule has 3 aliphatic carbocycles. The van der Waals surface area contributed by atoms with E-state index in [2.05, 4.69) is 4.90 Å². The number of phenolic OH excluding ortho intramolecular Hbond substituents is 1. The van der Waals surface area contributed by atoms with Crippen molar-refractivity contribution < 1.29 is 39.6 Å². The summed E-state index contributed by atoms with van der Waals surface area (Å²) in [4.78, 5) is 54.5. The maximum Gasteiger partial charge on any atom is 0.255 e. The van der Waals surface area contributed by atoms with E-state index >= 15 is 0 Å². The molecule has 0 bridgehead atoms. The molecule has 226 valence electrons. The van der Waals surface area contributed by atoms with Crippen molar-refractivity contribution in [2.45, 2.75) is 44.4 Å². The van der Waals surface area contributed by atoms with Crippen LogP contribution in [-0.2, 0) is 32.1 Å². The number of Topliss-reactive ketones (excluding diaryl/α,β-unsaturated/α-hetero) is 3. The van der Waals surface area contributed by atoms with Crippen LogP contribution in [0, 0.1) is 17.8 Å². The second kappa shape index (κ2) is 10.0. The average Bonchev–Trinajstić information content (AvgIpc) is 2.89. The van der Waals surface area contributed by atoms with Crippen molar-refractivity contribution >= 4 is 39.8 Å². The number of likely N-dealkylation sites (N-methyl/N-ethyl adjacent to an activating group) is 1. The smallest absolute Gasteiger partial charge is 0.255 e. The van der Waals surface area contributed by atoms with Gasteiger partial charge < -0.3 is 31.0 Å². The number of benzene rings is 2. The highest BCUT2D eigenvalue weighted by atomic mass is 16.3. The van der Waals surface area contributed by atoms with E-state index in [1.807, 2.05) is 24.3 Å². The number of nitrogens with two attached hydrogens (primary N) is 1. The molecule has 0 radical (unpaired) electrons. The lowest BCUT2D eigenvalue weighted by Crippen LogP contribution is -2.65. The van der Waals surface area contributed by atoms with Crippen LogP contribution in [0.1, 0.15) is 36.5 Å². The summed E-state index contributed by atoms with van der Waals surface area (Å²) in [6.45, 7) is 3.85. The van der Waals surface area contributed by atoms with Crippen LogP contribution in [-0.4, -0.2) is 92.3 Å². The van der Waals surface area contributed by atoms with Gasteiger partial charge in [-0.15, -0.1) is 0 Å². The normalized spacial score (nSPS) is 27.7. The molecule has 0 unspecified atom stereocenters. The Kier molecular flexibility index (Phi) is 6.75. The summed E-state index contributed by atoms with van der Waals surface area (Å²) in [5, 5.41) is 46.9. The second-order valence-electron chi connectivity index (χ2n) is 12.7. The van der Waals surface area contributed by atoms with Gasteiger partial charge in [0.2, 0.25) is 5.78 Å². The van der Waals surface area contributed by atoms with Crippen molar-refractivity contribution in [3.63, 3.8) is 0 Å². The molecule has 1 amide bonds. The summed E-state index contributed by atoms with van der Waals surface area (Å²) >= 11 is 0. The number of hydrogen-bond acceptors (Lipinski definition) is 10. The van der Waals surface area contributed by atoms with Gasteiger partial charge in [0.15, 0.2) is 11.4 Å². The van der Waals surface area contributed by atoms with Crippen molar-refractivity contribution in [1.29, 1.82) is 0 Å². The van der Waals surface area contributed by atoms with Gasteiger partial charge in [0, 0.05) is 42.9 Å². The molecule has 43 heavy (non-hydrogen) atoms. The Hall–Kier alpha value is -4.06. The van der Waals surface area contributed by atoms with E-state index in [4.69, 9.17) is 5.73 Å². The molecule has 1 saturated carbocycles. The molecule has 1 saturated heterocycles. The molecule has 6 rings (SSSR count). The molecule has 4 atom stereocenters. The minimum atomic E-state index is -2.67. The number of phenols is 1. The Morgan fingerprint density at radius 3 is 2.44 bits per heavy atom. The number of carbonyl (C=O) groups is 4. The lowest BCUT2D eigenvalue weighted by molar-refractivity contribution is -0.153. The first kappa shape index (κ1) is 29.0. The quantitative estimate of drug-likeness (QED) is 0.310. The Morgan fingerprint density at radius 1 is 1.12 bits per heavy atom. The molecular weight excluding hydrogens is 554 g/mol. The van der Waals surface area contributed by atoms with Crippen LogP contribution in [0.4, 0.5) is 0 Å². The summed E-state index contributed by atoms with van der Waals surface area (Å²) in [5.74, 6) is -6.10. The Labute approximate surface area is 247 Å². The van der Waals surface area contributed by atoms with E-state index in [-0.39, 0.29) is 35.5 Å². The molecule has 4 aliphatic rings. The highest BCUT2D eigenvalue weighted by molar-refractivity contribution is 6.24.